The first kappa shape index (κ1) is 21.6. The molecule has 162 valence electrons. The number of hydrogen-bond donors (Lipinski definition) is 2. The van der Waals surface area contributed by atoms with E-state index in [9.17, 15) is 5.11 Å². The highest BCUT2D eigenvalue weighted by molar-refractivity contribution is 7.17. The maximum absolute atomic E-state index is 10.4. The van der Waals surface area contributed by atoms with Gasteiger partial charge < -0.3 is 15.2 Å². The monoisotopic (exact) mass is 435 g/mol. The van der Waals surface area contributed by atoms with E-state index in [1.54, 1.807) is 11.3 Å². The molecule has 0 amide bonds. The first-order valence-corrected chi connectivity index (χ1v) is 11.6. The van der Waals surface area contributed by atoms with Gasteiger partial charge in [-0.1, -0.05) is 42.0 Å². The molecule has 0 saturated carbocycles. The molecule has 0 aliphatic heterocycles. The molecule has 0 fully saturated rings. The van der Waals surface area contributed by atoms with Crippen LogP contribution in [0, 0.1) is 6.92 Å². The summed E-state index contributed by atoms with van der Waals surface area (Å²) in [4.78, 5) is 0. The Kier molecular flexibility index (Phi) is 7.02. The number of ether oxygens (including phenoxy) is 1. The van der Waals surface area contributed by atoms with Crippen molar-refractivity contribution in [2.45, 2.75) is 25.9 Å². The number of aliphatic hydroxyl groups is 1. The van der Waals surface area contributed by atoms with Gasteiger partial charge >= 0.3 is 0 Å². The normalized spacial score (nSPS) is 12.4. The van der Waals surface area contributed by atoms with Crippen molar-refractivity contribution in [1.29, 1.82) is 0 Å². The molecule has 5 nitrogen and oxygen atoms in total. The van der Waals surface area contributed by atoms with Gasteiger partial charge in [0.05, 0.1) is 10.2 Å². The maximum Gasteiger partial charge on any atom is 0.128 e. The zero-order valence-corrected chi connectivity index (χ0v) is 18.9. The van der Waals surface area contributed by atoms with Crippen molar-refractivity contribution in [3.63, 3.8) is 0 Å². The second-order valence-corrected chi connectivity index (χ2v) is 8.78. The Morgan fingerprint density at radius 1 is 1.16 bits per heavy atom. The molecule has 2 aromatic carbocycles. The average Bonchev–Trinajstić information content (AvgIpc) is 3.36. The summed E-state index contributed by atoms with van der Waals surface area (Å²) in [7, 11) is 1.95. The van der Waals surface area contributed by atoms with E-state index in [0.29, 0.717) is 6.54 Å². The molecule has 0 aliphatic carbocycles. The van der Waals surface area contributed by atoms with Gasteiger partial charge in [-0.05, 0) is 55.5 Å². The van der Waals surface area contributed by atoms with Crippen LogP contribution in [-0.2, 0) is 13.5 Å². The van der Waals surface area contributed by atoms with Gasteiger partial charge in [-0.2, -0.15) is 5.10 Å². The molecule has 4 aromatic rings. The van der Waals surface area contributed by atoms with Crippen molar-refractivity contribution < 1.29 is 9.84 Å². The standard InChI is InChI=1S/C25H29N3O2S/c1-18-7-5-8-19(15-18)9-6-13-26-16-20(29)17-30-23-11-4-3-10-21(23)24-25-22(12-14-31-25)28(2)27-24/h3-5,7-8,10-12,14-15,20,26,29H,6,9,13,16-17H2,1-2H3. The minimum absolute atomic E-state index is 0.238. The van der Waals surface area contributed by atoms with E-state index in [1.807, 2.05) is 36.0 Å². The van der Waals surface area contributed by atoms with E-state index in [-0.39, 0.29) is 6.61 Å². The fourth-order valence-electron chi connectivity index (χ4n) is 3.75. The van der Waals surface area contributed by atoms with E-state index in [4.69, 9.17) is 4.74 Å². The van der Waals surface area contributed by atoms with E-state index in [1.165, 1.54) is 11.1 Å². The van der Waals surface area contributed by atoms with Gasteiger partial charge in [0.25, 0.3) is 0 Å². The summed E-state index contributed by atoms with van der Waals surface area (Å²) < 4.78 is 9.04. The highest BCUT2D eigenvalue weighted by Crippen LogP contribution is 2.36. The van der Waals surface area contributed by atoms with Gasteiger partial charge in [-0.15, -0.1) is 11.3 Å². The molecule has 1 atom stereocenters. The number of para-hydroxylation sites is 1. The highest BCUT2D eigenvalue weighted by atomic mass is 32.1. The molecule has 1 unspecified atom stereocenters. The van der Waals surface area contributed by atoms with Crippen LogP contribution >= 0.6 is 11.3 Å². The quantitative estimate of drug-likeness (QED) is 0.358. The molecule has 0 saturated heterocycles. The van der Waals surface area contributed by atoms with Crippen molar-refractivity contribution in [3.8, 4) is 17.0 Å². The van der Waals surface area contributed by atoms with Crippen molar-refractivity contribution in [2.24, 2.45) is 7.05 Å². The lowest BCUT2D eigenvalue weighted by atomic mass is 10.1. The summed E-state index contributed by atoms with van der Waals surface area (Å²) >= 11 is 1.68. The number of nitrogens with one attached hydrogen (secondary N) is 1. The maximum atomic E-state index is 10.4. The molecule has 2 N–H and O–H groups in total. The number of aryl methyl sites for hydroxylation is 3. The van der Waals surface area contributed by atoms with Crippen LogP contribution in [0.25, 0.3) is 21.5 Å². The largest absolute Gasteiger partial charge is 0.490 e. The van der Waals surface area contributed by atoms with E-state index >= 15 is 0 Å². The second kappa shape index (κ2) is 10.1. The third-order valence-corrected chi connectivity index (χ3v) is 6.22. The third-order valence-electron chi connectivity index (χ3n) is 5.31. The lowest BCUT2D eigenvalue weighted by Crippen LogP contribution is -2.32. The molecular formula is C25H29N3O2S. The van der Waals surface area contributed by atoms with Crippen molar-refractivity contribution >= 4 is 21.6 Å². The lowest BCUT2D eigenvalue weighted by molar-refractivity contribution is 0.107. The van der Waals surface area contributed by atoms with Gasteiger partial charge in [0, 0.05) is 19.2 Å². The number of hydrogen-bond acceptors (Lipinski definition) is 5. The molecule has 0 radical (unpaired) electrons. The van der Waals surface area contributed by atoms with Gasteiger partial charge in [-0.25, -0.2) is 0 Å². The summed E-state index contributed by atoms with van der Waals surface area (Å²) in [6.07, 6.45) is 1.50. The van der Waals surface area contributed by atoms with Crippen LogP contribution in [0.2, 0.25) is 0 Å². The summed E-state index contributed by atoms with van der Waals surface area (Å²) in [5.74, 6) is 0.745. The number of aliphatic hydroxyl groups excluding tert-OH is 1. The van der Waals surface area contributed by atoms with Gasteiger partial charge in [0.2, 0.25) is 0 Å². The van der Waals surface area contributed by atoms with E-state index in [0.717, 1.165) is 46.6 Å². The summed E-state index contributed by atoms with van der Waals surface area (Å²) in [6.45, 7) is 3.73. The third kappa shape index (κ3) is 5.34. The molecule has 0 bridgehead atoms. The van der Waals surface area contributed by atoms with Crippen LogP contribution < -0.4 is 10.1 Å². The average molecular weight is 436 g/mol. The van der Waals surface area contributed by atoms with E-state index < -0.39 is 6.10 Å². The Balaban J connectivity index is 1.27. The Hall–Kier alpha value is -2.67. The van der Waals surface area contributed by atoms with Crippen LogP contribution in [-0.4, -0.2) is 40.7 Å². The molecule has 4 rings (SSSR count). The highest BCUT2D eigenvalue weighted by Gasteiger charge is 2.16. The first-order chi connectivity index (χ1) is 15.1. The fourth-order valence-corrected chi connectivity index (χ4v) is 4.66. The Labute approximate surface area is 187 Å². The van der Waals surface area contributed by atoms with Gasteiger partial charge in [0.15, 0.2) is 0 Å². The molecular weight excluding hydrogens is 406 g/mol. The number of benzene rings is 2. The predicted molar refractivity (Wildman–Crippen MR) is 128 cm³/mol. The second-order valence-electron chi connectivity index (χ2n) is 7.86. The predicted octanol–water partition coefficient (Wildman–Crippen LogP) is 4.57. The number of aromatic nitrogens is 2. The number of nitrogens with zero attached hydrogens (tertiary/aromatic N) is 2. The number of fused-ring (bicyclic) bond motifs is 1. The Morgan fingerprint density at radius 2 is 2.03 bits per heavy atom. The van der Waals surface area contributed by atoms with Crippen LogP contribution in [0.1, 0.15) is 17.5 Å². The minimum Gasteiger partial charge on any atom is -0.490 e. The van der Waals surface area contributed by atoms with Gasteiger partial charge in [-0.3, -0.25) is 4.68 Å². The van der Waals surface area contributed by atoms with Crippen LogP contribution in [0.15, 0.2) is 60.0 Å². The van der Waals surface area contributed by atoms with Crippen molar-refractivity contribution in [1.82, 2.24) is 15.1 Å². The van der Waals surface area contributed by atoms with Crippen LogP contribution in [0.4, 0.5) is 0 Å². The number of rotatable bonds is 10. The van der Waals surface area contributed by atoms with Crippen LogP contribution in [0.3, 0.4) is 0 Å². The summed E-state index contributed by atoms with van der Waals surface area (Å²) in [5.41, 5.74) is 5.64. The zero-order valence-electron chi connectivity index (χ0n) is 18.0. The Bertz CT molecular complexity index is 1130. The summed E-state index contributed by atoms with van der Waals surface area (Å²) in [6, 6.07) is 18.6. The molecule has 2 aromatic heterocycles. The smallest absolute Gasteiger partial charge is 0.128 e. The van der Waals surface area contributed by atoms with Crippen molar-refractivity contribution in [2.75, 3.05) is 19.7 Å². The van der Waals surface area contributed by atoms with E-state index in [2.05, 4.69) is 53.1 Å². The van der Waals surface area contributed by atoms with Crippen molar-refractivity contribution in [3.05, 3.63) is 71.1 Å². The molecule has 6 heteroatoms. The lowest BCUT2D eigenvalue weighted by Gasteiger charge is -2.15. The molecule has 31 heavy (non-hydrogen) atoms. The Morgan fingerprint density at radius 3 is 2.90 bits per heavy atom. The molecule has 0 aliphatic rings. The summed E-state index contributed by atoms with van der Waals surface area (Å²) in [5, 5.41) is 20.5. The zero-order chi connectivity index (χ0) is 21.6. The molecule has 2 heterocycles. The van der Waals surface area contributed by atoms with Gasteiger partial charge in [0.1, 0.15) is 24.2 Å². The SMILES string of the molecule is Cc1cccc(CCCNCC(O)COc2ccccc2-c2nn(C)c3ccsc23)c1. The fraction of sp³-hybridized carbons (Fsp3) is 0.320. The number of thiophene rings is 1. The topological polar surface area (TPSA) is 59.3 Å². The minimum atomic E-state index is -0.572. The first-order valence-electron chi connectivity index (χ1n) is 10.7. The molecule has 0 spiro atoms. The van der Waals surface area contributed by atoms with Crippen LogP contribution in [0.5, 0.6) is 5.75 Å².